The summed E-state index contributed by atoms with van der Waals surface area (Å²) in [6.07, 6.45) is 2.76. The summed E-state index contributed by atoms with van der Waals surface area (Å²) in [5.41, 5.74) is 3.20. The first-order chi connectivity index (χ1) is 14.1. The van der Waals surface area contributed by atoms with Crippen molar-refractivity contribution >= 4 is 5.71 Å². The number of nitrogens with zero attached hydrogens (tertiary/aromatic N) is 3. The van der Waals surface area contributed by atoms with Crippen molar-refractivity contribution in [3.63, 3.8) is 0 Å². The fraction of sp³-hybridized carbons (Fsp3) is 0.545. The van der Waals surface area contributed by atoms with Crippen molar-refractivity contribution in [3.05, 3.63) is 45.9 Å². The van der Waals surface area contributed by atoms with E-state index in [4.69, 9.17) is 14.5 Å². The van der Waals surface area contributed by atoms with Crippen LogP contribution in [0.25, 0.3) is 5.69 Å². The Morgan fingerprint density at radius 3 is 2.62 bits per heavy atom. The Bertz CT molecular complexity index is 861. The van der Waals surface area contributed by atoms with Crippen molar-refractivity contribution in [1.29, 1.82) is 0 Å². The van der Waals surface area contributed by atoms with Gasteiger partial charge in [0.2, 0.25) is 0 Å². The fourth-order valence-corrected chi connectivity index (χ4v) is 3.64. The molecule has 0 radical (unpaired) electrons. The third-order valence-corrected chi connectivity index (χ3v) is 5.24. The van der Waals surface area contributed by atoms with Gasteiger partial charge in [-0.25, -0.2) is 4.68 Å². The van der Waals surface area contributed by atoms with Crippen LogP contribution >= 0.6 is 0 Å². The molecule has 1 aliphatic heterocycles. The Kier molecular flexibility index (Phi) is 7.66. The van der Waals surface area contributed by atoms with Crippen LogP contribution in [0.15, 0.2) is 34.1 Å². The van der Waals surface area contributed by atoms with E-state index in [9.17, 15) is 4.79 Å². The van der Waals surface area contributed by atoms with Gasteiger partial charge in [-0.2, -0.15) is 0 Å². The molecule has 0 bridgehead atoms. The van der Waals surface area contributed by atoms with E-state index in [-0.39, 0.29) is 5.56 Å². The predicted molar refractivity (Wildman–Crippen MR) is 116 cm³/mol. The molecule has 0 aliphatic carbocycles. The van der Waals surface area contributed by atoms with Gasteiger partial charge in [0.05, 0.1) is 31.6 Å². The normalized spacial score (nSPS) is 15.6. The highest BCUT2D eigenvalue weighted by atomic mass is 16.5. The smallest absolute Gasteiger partial charge is 0.280 e. The zero-order valence-corrected chi connectivity index (χ0v) is 17.7. The maximum absolute atomic E-state index is 13.1. The average molecular weight is 401 g/mol. The molecule has 1 aromatic heterocycles. The molecule has 1 saturated heterocycles. The van der Waals surface area contributed by atoms with Gasteiger partial charge in [0.25, 0.3) is 5.56 Å². The highest BCUT2D eigenvalue weighted by Crippen LogP contribution is 2.15. The van der Waals surface area contributed by atoms with Crippen molar-refractivity contribution in [2.24, 2.45) is 4.99 Å². The van der Waals surface area contributed by atoms with Crippen molar-refractivity contribution in [2.75, 3.05) is 46.5 Å². The van der Waals surface area contributed by atoms with E-state index in [0.717, 1.165) is 81.5 Å². The first-order valence-electron chi connectivity index (χ1n) is 10.4. The van der Waals surface area contributed by atoms with E-state index in [1.807, 2.05) is 31.2 Å². The average Bonchev–Trinajstić information content (AvgIpc) is 3.08. The van der Waals surface area contributed by atoms with Crippen LogP contribution in [0.3, 0.4) is 0 Å². The number of aryl methyl sites for hydroxylation is 1. The first kappa shape index (κ1) is 21.3. The third-order valence-electron chi connectivity index (χ3n) is 5.24. The molecule has 7 heteroatoms. The second-order valence-corrected chi connectivity index (χ2v) is 7.33. The Balaban J connectivity index is 1.75. The van der Waals surface area contributed by atoms with Gasteiger partial charge in [0, 0.05) is 37.6 Å². The summed E-state index contributed by atoms with van der Waals surface area (Å²) in [7, 11) is 1.63. The van der Waals surface area contributed by atoms with Gasteiger partial charge < -0.3 is 9.47 Å². The maximum atomic E-state index is 13.1. The van der Waals surface area contributed by atoms with E-state index in [1.54, 1.807) is 11.8 Å². The Morgan fingerprint density at radius 1 is 1.24 bits per heavy atom. The molecule has 2 aromatic rings. The first-order valence-corrected chi connectivity index (χ1v) is 10.4. The number of methoxy groups -OCH3 is 1. The van der Waals surface area contributed by atoms with Crippen LogP contribution < -0.4 is 10.3 Å². The lowest BCUT2D eigenvalue weighted by Crippen LogP contribution is -2.37. The van der Waals surface area contributed by atoms with Crippen LogP contribution in [0.1, 0.15) is 37.9 Å². The quantitative estimate of drug-likeness (QED) is 0.519. The Labute approximate surface area is 172 Å². The molecule has 1 aromatic carbocycles. The summed E-state index contributed by atoms with van der Waals surface area (Å²) in [4.78, 5) is 20.3. The molecule has 1 aliphatic rings. The molecule has 0 unspecified atom stereocenters. The minimum Gasteiger partial charge on any atom is -0.497 e. The molecule has 7 nitrogen and oxygen atoms in total. The van der Waals surface area contributed by atoms with Crippen molar-refractivity contribution in [2.45, 2.75) is 33.1 Å². The number of aliphatic imine (C=N–C) groups is 1. The Hall–Kier alpha value is -2.38. The van der Waals surface area contributed by atoms with Crippen LogP contribution in [0.4, 0.5) is 0 Å². The van der Waals surface area contributed by atoms with Crippen molar-refractivity contribution in [1.82, 2.24) is 14.7 Å². The monoisotopic (exact) mass is 400 g/mol. The topological polar surface area (TPSA) is 71.8 Å². The molecule has 2 heterocycles. The van der Waals surface area contributed by atoms with Crippen LogP contribution in [0.5, 0.6) is 5.75 Å². The molecular formula is C22H32N4O3. The van der Waals surface area contributed by atoms with E-state index >= 15 is 0 Å². The number of hydrogen-bond acceptors (Lipinski definition) is 5. The second kappa shape index (κ2) is 10.4. The number of benzene rings is 1. The minimum atomic E-state index is -0.0481. The lowest BCUT2D eigenvalue weighted by Gasteiger charge is -2.26. The van der Waals surface area contributed by atoms with Crippen molar-refractivity contribution in [3.8, 4) is 11.4 Å². The molecule has 0 saturated carbocycles. The number of ether oxygens (including phenoxy) is 2. The largest absolute Gasteiger partial charge is 0.497 e. The Morgan fingerprint density at radius 2 is 1.97 bits per heavy atom. The molecule has 29 heavy (non-hydrogen) atoms. The number of morpholine rings is 1. The number of aromatic amines is 1. The van der Waals surface area contributed by atoms with Crippen molar-refractivity contribution < 1.29 is 9.47 Å². The van der Waals surface area contributed by atoms with E-state index in [0.29, 0.717) is 5.56 Å². The van der Waals surface area contributed by atoms with E-state index in [1.165, 1.54) is 0 Å². The highest BCUT2D eigenvalue weighted by molar-refractivity contribution is 5.99. The fourth-order valence-electron chi connectivity index (χ4n) is 3.64. The summed E-state index contributed by atoms with van der Waals surface area (Å²) >= 11 is 0. The number of H-pyrrole nitrogens is 1. The summed E-state index contributed by atoms with van der Waals surface area (Å²) in [6, 6.07) is 7.47. The molecule has 3 rings (SSSR count). The highest BCUT2D eigenvalue weighted by Gasteiger charge is 2.17. The molecular weight excluding hydrogens is 368 g/mol. The number of hydrogen-bond donors (Lipinski definition) is 1. The molecule has 158 valence electrons. The van der Waals surface area contributed by atoms with Gasteiger partial charge in [-0.3, -0.25) is 19.8 Å². The molecule has 0 spiro atoms. The lowest BCUT2D eigenvalue weighted by molar-refractivity contribution is 0.0377. The van der Waals surface area contributed by atoms with E-state index in [2.05, 4.69) is 16.9 Å². The van der Waals surface area contributed by atoms with E-state index < -0.39 is 0 Å². The zero-order valence-electron chi connectivity index (χ0n) is 17.7. The van der Waals surface area contributed by atoms with Crippen LogP contribution in [0, 0.1) is 0 Å². The lowest BCUT2D eigenvalue weighted by atomic mass is 10.1. The standard InChI is InChI=1S/C22H32N4O3/c1-4-6-20-21(17(2)23-11-5-12-25-13-15-29-16-14-25)22(27)26(24-20)18-7-9-19(28-3)10-8-18/h7-10,24H,4-6,11-16H2,1-3H3. The predicted octanol–water partition coefficient (Wildman–Crippen LogP) is 2.66. The number of rotatable bonds is 9. The number of aromatic nitrogens is 2. The van der Waals surface area contributed by atoms with Gasteiger partial charge in [0.15, 0.2) is 0 Å². The molecule has 1 N–H and O–H groups in total. The van der Waals surface area contributed by atoms with Crippen LogP contribution in [-0.2, 0) is 11.2 Å². The number of nitrogens with one attached hydrogen (secondary N) is 1. The SMILES string of the molecule is CCCc1[nH]n(-c2ccc(OC)cc2)c(=O)c1C(C)=NCCCN1CCOCC1. The summed E-state index contributed by atoms with van der Waals surface area (Å²) in [5.74, 6) is 0.764. The van der Waals surface area contributed by atoms with Gasteiger partial charge in [-0.05, 0) is 44.0 Å². The van der Waals surface area contributed by atoms with Gasteiger partial charge >= 0.3 is 0 Å². The third kappa shape index (κ3) is 5.36. The maximum Gasteiger partial charge on any atom is 0.280 e. The molecule has 1 fully saturated rings. The summed E-state index contributed by atoms with van der Waals surface area (Å²) < 4.78 is 12.2. The zero-order chi connectivity index (χ0) is 20.6. The van der Waals surface area contributed by atoms with Gasteiger partial charge in [-0.15, -0.1) is 0 Å². The van der Waals surface area contributed by atoms with Gasteiger partial charge in [-0.1, -0.05) is 13.3 Å². The molecule has 0 amide bonds. The molecule has 0 atom stereocenters. The minimum absolute atomic E-state index is 0.0481. The second-order valence-electron chi connectivity index (χ2n) is 7.33. The summed E-state index contributed by atoms with van der Waals surface area (Å²) in [6.45, 7) is 9.42. The summed E-state index contributed by atoms with van der Waals surface area (Å²) in [5, 5.41) is 3.29. The van der Waals surface area contributed by atoms with Crippen LogP contribution in [0.2, 0.25) is 0 Å². The van der Waals surface area contributed by atoms with Crippen LogP contribution in [-0.4, -0.2) is 66.9 Å². The van der Waals surface area contributed by atoms with Gasteiger partial charge in [0.1, 0.15) is 5.75 Å².